The highest BCUT2D eigenvalue weighted by Crippen LogP contribution is 2.31. The van der Waals surface area contributed by atoms with Gasteiger partial charge in [0, 0.05) is 5.41 Å². The lowest BCUT2D eigenvalue weighted by molar-refractivity contribution is 0.640. The summed E-state index contributed by atoms with van der Waals surface area (Å²) >= 11 is 0. The van der Waals surface area contributed by atoms with E-state index < -0.39 is 0 Å². The Hall–Kier alpha value is -4.68. The molecule has 48 heavy (non-hydrogen) atoms. The molecule has 0 spiro atoms. The summed E-state index contributed by atoms with van der Waals surface area (Å²) in [5.41, 5.74) is 16.2. The van der Waals surface area contributed by atoms with Gasteiger partial charge in [-0.25, -0.2) is 0 Å². The lowest BCUT2D eigenvalue weighted by Gasteiger charge is -2.26. The van der Waals surface area contributed by atoms with Gasteiger partial charge in [0.2, 0.25) is 0 Å². The van der Waals surface area contributed by atoms with E-state index in [1.165, 1.54) is 66.8 Å². The summed E-state index contributed by atoms with van der Waals surface area (Å²) in [4.78, 5) is 0. The van der Waals surface area contributed by atoms with E-state index in [0.717, 1.165) is 6.42 Å². The average Bonchev–Trinajstić information content (AvgIpc) is 3.06. The molecule has 0 nitrogen and oxygen atoms in total. The van der Waals surface area contributed by atoms with Gasteiger partial charge in [0.05, 0.1) is 0 Å². The van der Waals surface area contributed by atoms with Crippen LogP contribution in [0.5, 0.6) is 0 Å². The van der Waals surface area contributed by atoms with Crippen molar-refractivity contribution in [3.8, 4) is 0 Å². The number of hydrogen-bond donors (Lipinski definition) is 0. The SMILES string of the molecule is Cc1ccc(C(C)(C)c2ccc(C)cc2)cc1.Cc1ccc(C)cc1.Cc1ccc(Cc2ccc(C)cc2)cc1.Cc1cccc(C)c1. The van der Waals surface area contributed by atoms with Crippen molar-refractivity contribution in [3.05, 3.63) is 212 Å². The van der Waals surface area contributed by atoms with E-state index in [4.69, 9.17) is 0 Å². The molecule has 0 aliphatic rings. The Bertz CT molecular complexity index is 1640. The van der Waals surface area contributed by atoms with Crippen LogP contribution in [-0.2, 0) is 11.8 Å². The van der Waals surface area contributed by atoms with E-state index in [1.54, 1.807) is 0 Å². The topological polar surface area (TPSA) is 0 Å². The van der Waals surface area contributed by atoms with Gasteiger partial charge in [-0.2, -0.15) is 0 Å². The zero-order chi connectivity index (χ0) is 35.1. The van der Waals surface area contributed by atoms with Gasteiger partial charge in [-0.3, -0.25) is 0 Å². The first-order valence-corrected chi connectivity index (χ1v) is 17.1. The number of rotatable bonds is 4. The molecule has 248 valence electrons. The summed E-state index contributed by atoms with van der Waals surface area (Å²) in [5.74, 6) is 0. The third-order valence-corrected chi connectivity index (χ3v) is 8.59. The van der Waals surface area contributed by atoms with Crippen LogP contribution in [0.4, 0.5) is 0 Å². The minimum Gasteiger partial charge on any atom is -0.0617 e. The molecule has 0 bridgehead atoms. The van der Waals surface area contributed by atoms with E-state index in [-0.39, 0.29) is 5.41 Å². The van der Waals surface area contributed by atoms with Crippen LogP contribution in [0.1, 0.15) is 80.6 Å². The molecule has 0 aliphatic carbocycles. The highest BCUT2D eigenvalue weighted by molar-refractivity contribution is 5.39. The third-order valence-electron chi connectivity index (χ3n) is 8.59. The Morgan fingerprint density at radius 3 is 0.812 bits per heavy atom. The second kappa shape index (κ2) is 18.6. The van der Waals surface area contributed by atoms with Crippen molar-refractivity contribution in [1.82, 2.24) is 0 Å². The van der Waals surface area contributed by atoms with Gasteiger partial charge in [-0.05, 0) is 84.1 Å². The van der Waals surface area contributed by atoms with Gasteiger partial charge in [0.1, 0.15) is 0 Å². The lowest BCUT2D eigenvalue weighted by atomic mass is 9.78. The van der Waals surface area contributed by atoms with Crippen LogP contribution < -0.4 is 0 Å². The number of benzene rings is 6. The Morgan fingerprint density at radius 2 is 0.562 bits per heavy atom. The maximum atomic E-state index is 2.28. The van der Waals surface area contributed by atoms with Gasteiger partial charge in [-0.15, -0.1) is 0 Å². The Morgan fingerprint density at radius 1 is 0.312 bits per heavy atom. The minimum atomic E-state index is 0.0708. The standard InChI is InChI=1S/C17H20.C15H16.2C8H10/c1-13-5-9-15(10-6-13)17(3,4)16-11-7-14(2)8-12-16;1-12-3-7-14(8-4-12)11-15-9-5-13(2)6-10-15;1-7-3-5-8(2)6-4-7;1-7-4-3-5-8(2)6-7/h5-12H,1-4H3;3-10H,11H2,1-2H3;2*3-6H,1-2H3. The van der Waals surface area contributed by atoms with Crippen molar-refractivity contribution in [3.63, 3.8) is 0 Å². The molecule has 0 saturated carbocycles. The molecule has 0 radical (unpaired) electrons. The molecule has 0 heteroatoms. The van der Waals surface area contributed by atoms with Crippen molar-refractivity contribution in [2.45, 2.75) is 81.1 Å². The van der Waals surface area contributed by atoms with Gasteiger partial charge in [0.15, 0.2) is 0 Å². The van der Waals surface area contributed by atoms with E-state index >= 15 is 0 Å². The molecule has 6 rings (SSSR count). The van der Waals surface area contributed by atoms with Crippen LogP contribution in [0.3, 0.4) is 0 Å². The quantitative estimate of drug-likeness (QED) is 0.181. The summed E-state index contributed by atoms with van der Waals surface area (Å²) < 4.78 is 0. The summed E-state index contributed by atoms with van der Waals surface area (Å²) in [6.45, 7) is 21.5. The first kappa shape index (κ1) is 37.8. The van der Waals surface area contributed by atoms with Crippen molar-refractivity contribution < 1.29 is 0 Å². The van der Waals surface area contributed by atoms with Gasteiger partial charge in [0.25, 0.3) is 0 Å². The number of hydrogen-bond acceptors (Lipinski definition) is 0. The molecule has 0 aliphatic heterocycles. The number of aryl methyl sites for hydroxylation is 8. The molecule has 0 heterocycles. The fraction of sp³-hybridized carbons (Fsp3) is 0.250. The zero-order valence-electron chi connectivity index (χ0n) is 31.1. The van der Waals surface area contributed by atoms with E-state index in [2.05, 4.69) is 215 Å². The highest BCUT2D eigenvalue weighted by Gasteiger charge is 2.22. The molecule has 0 N–H and O–H groups in total. The van der Waals surface area contributed by atoms with Crippen molar-refractivity contribution in [2.24, 2.45) is 0 Å². The van der Waals surface area contributed by atoms with Crippen molar-refractivity contribution in [2.75, 3.05) is 0 Å². The molecule has 6 aromatic rings. The normalized spacial score (nSPS) is 10.4. The molecular formula is C48H56. The van der Waals surface area contributed by atoms with Gasteiger partial charge < -0.3 is 0 Å². The van der Waals surface area contributed by atoms with E-state index in [1.807, 2.05) is 0 Å². The molecule has 0 amide bonds. The van der Waals surface area contributed by atoms with Gasteiger partial charge >= 0.3 is 0 Å². The average molecular weight is 633 g/mol. The summed E-state index contributed by atoms with van der Waals surface area (Å²) in [5, 5.41) is 0. The Kier molecular flexibility index (Phi) is 14.6. The molecule has 0 fully saturated rings. The van der Waals surface area contributed by atoms with Crippen LogP contribution in [0.25, 0.3) is 0 Å². The van der Waals surface area contributed by atoms with Crippen LogP contribution in [0.15, 0.2) is 146 Å². The van der Waals surface area contributed by atoms with Crippen LogP contribution in [0.2, 0.25) is 0 Å². The second-order valence-corrected chi connectivity index (χ2v) is 13.8. The molecule has 0 saturated heterocycles. The first-order chi connectivity index (χ1) is 22.8. The molecule has 0 atom stereocenters. The van der Waals surface area contributed by atoms with Crippen LogP contribution >= 0.6 is 0 Å². The first-order valence-electron chi connectivity index (χ1n) is 17.1. The fourth-order valence-electron chi connectivity index (χ4n) is 5.20. The van der Waals surface area contributed by atoms with E-state index in [0.29, 0.717) is 0 Å². The molecule has 6 aromatic carbocycles. The predicted molar refractivity (Wildman–Crippen MR) is 211 cm³/mol. The van der Waals surface area contributed by atoms with E-state index in [9.17, 15) is 0 Å². The summed E-state index contributed by atoms with van der Waals surface area (Å²) in [7, 11) is 0. The summed E-state index contributed by atoms with van der Waals surface area (Å²) in [6, 6.07) is 52.1. The largest absolute Gasteiger partial charge is 0.0617 e. The van der Waals surface area contributed by atoms with Crippen molar-refractivity contribution >= 4 is 0 Å². The molecule has 0 unspecified atom stereocenters. The third kappa shape index (κ3) is 13.2. The lowest BCUT2D eigenvalue weighted by Crippen LogP contribution is -2.18. The maximum Gasteiger partial charge on any atom is 0.0146 e. The predicted octanol–water partition coefficient (Wildman–Crippen LogP) is 13.1. The second-order valence-electron chi connectivity index (χ2n) is 13.8. The van der Waals surface area contributed by atoms with Gasteiger partial charge in [-0.1, -0.05) is 204 Å². The van der Waals surface area contributed by atoms with Crippen molar-refractivity contribution in [1.29, 1.82) is 0 Å². The van der Waals surface area contributed by atoms with Crippen LogP contribution in [-0.4, -0.2) is 0 Å². The summed E-state index contributed by atoms with van der Waals surface area (Å²) in [6.07, 6.45) is 1.03. The Balaban J connectivity index is 0.000000183. The maximum absolute atomic E-state index is 2.28. The van der Waals surface area contributed by atoms with Crippen LogP contribution in [0, 0.1) is 55.4 Å². The molecule has 0 aromatic heterocycles. The Labute approximate surface area is 292 Å². The smallest absolute Gasteiger partial charge is 0.0146 e. The minimum absolute atomic E-state index is 0.0708. The monoisotopic (exact) mass is 632 g/mol. The molecular weight excluding hydrogens is 577 g/mol. The fourth-order valence-corrected chi connectivity index (χ4v) is 5.20. The zero-order valence-corrected chi connectivity index (χ0v) is 31.1. The highest BCUT2D eigenvalue weighted by atomic mass is 14.3.